The number of benzene rings is 1. The molecule has 1 rings (SSSR count). The van der Waals surface area contributed by atoms with Gasteiger partial charge in [0, 0.05) is 6.07 Å². The number of nitrogens with two attached hydrogens (primary N) is 1. The summed E-state index contributed by atoms with van der Waals surface area (Å²) < 4.78 is 9.58. The number of hydrogen-bond donors (Lipinski definition) is 2. The highest BCUT2D eigenvalue weighted by Crippen LogP contribution is 2.29. The first kappa shape index (κ1) is 10.3. The van der Waals surface area contributed by atoms with E-state index in [4.69, 9.17) is 15.2 Å². The highest BCUT2D eigenvalue weighted by Gasteiger charge is 2.06. The lowest BCUT2D eigenvalue weighted by molar-refractivity contribution is -0.132. The molecule has 5 nitrogen and oxygen atoms in total. The monoisotopic (exact) mass is 197 g/mol. The summed E-state index contributed by atoms with van der Waals surface area (Å²) in [5, 5.41) is 9.33. The van der Waals surface area contributed by atoms with Crippen molar-refractivity contribution in [3.63, 3.8) is 0 Å². The van der Waals surface area contributed by atoms with Crippen LogP contribution < -0.4 is 15.2 Å². The second-order valence-corrected chi connectivity index (χ2v) is 2.51. The molecule has 0 radical (unpaired) electrons. The topological polar surface area (TPSA) is 81.8 Å². The number of hydrogen-bond acceptors (Lipinski definition) is 5. The van der Waals surface area contributed by atoms with Crippen LogP contribution in [0.5, 0.6) is 17.2 Å². The molecule has 0 aliphatic carbocycles. The Labute approximate surface area is 81.0 Å². The minimum atomic E-state index is -0.561. The molecule has 0 aromatic heterocycles. The Morgan fingerprint density at radius 3 is 2.79 bits per heavy atom. The molecule has 0 saturated heterocycles. The van der Waals surface area contributed by atoms with E-state index in [0.29, 0.717) is 5.75 Å². The average Bonchev–Trinajstić information content (AvgIpc) is 2.18. The SMILES string of the molecule is COc1ccc(OC(=O)CN)cc1O. The Balaban J connectivity index is 2.81. The number of carbonyl (C=O) groups excluding carboxylic acids is 1. The van der Waals surface area contributed by atoms with Gasteiger partial charge in [-0.25, -0.2) is 0 Å². The van der Waals surface area contributed by atoms with Crippen molar-refractivity contribution in [1.82, 2.24) is 0 Å². The second kappa shape index (κ2) is 4.48. The van der Waals surface area contributed by atoms with Crippen molar-refractivity contribution in [2.24, 2.45) is 5.73 Å². The highest BCUT2D eigenvalue weighted by molar-refractivity contribution is 5.74. The van der Waals surface area contributed by atoms with Crippen molar-refractivity contribution in [3.05, 3.63) is 18.2 Å². The predicted molar refractivity (Wildman–Crippen MR) is 49.3 cm³/mol. The lowest BCUT2D eigenvalue weighted by atomic mass is 10.3. The standard InChI is InChI=1S/C9H11NO4/c1-13-8-3-2-6(4-7(8)11)14-9(12)5-10/h2-4,11H,5,10H2,1H3. The van der Waals surface area contributed by atoms with E-state index < -0.39 is 5.97 Å². The van der Waals surface area contributed by atoms with Gasteiger partial charge >= 0.3 is 5.97 Å². The van der Waals surface area contributed by atoms with Crippen LogP contribution in [-0.2, 0) is 4.79 Å². The van der Waals surface area contributed by atoms with Gasteiger partial charge < -0.3 is 20.3 Å². The van der Waals surface area contributed by atoms with Crippen molar-refractivity contribution in [3.8, 4) is 17.2 Å². The van der Waals surface area contributed by atoms with E-state index in [1.165, 1.54) is 25.3 Å². The van der Waals surface area contributed by atoms with Crippen LogP contribution in [0, 0.1) is 0 Å². The van der Waals surface area contributed by atoms with E-state index in [9.17, 15) is 9.90 Å². The van der Waals surface area contributed by atoms with E-state index in [2.05, 4.69) is 0 Å². The Morgan fingerprint density at radius 2 is 2.29 bits per heavy atom. The molecule has 0 heterocycles. The molecule has 0 aliphatic heterocycles. The van der Waals surface area contributed by atoms with E-state index in [1.807, 2.05) is 0 Å². The molecular formula is C9H11NO4. The fraction of sp³-hybridized carbons (Fsp3) is 0.222. The van der Waals surface area contributed by atoms with Gasteiger partial charge in [-0.05, 0) is 12.1 Å². The summed E-state index contributed by atoms with van der Waals surface area (Å²) >= 11 is 0. The first-order valence-electron chi connectivity index (χ1n) is 3.95. The van der Waals surface area contributed by atoms with Gasteiger partial charge in [0.2, 0.25) is 0 Å². The summed E-state index contributed by atoms with van der Waals surface area (Å²) in [6.07, 6.45) is 0. The fourth-order valence-electron chi connectivity index (χ4n) is 0.906. The fourth-order valence-corrected chi connectivity index (χ4v) is 0.906. The molecule has 0 aliphatic rings. The maximum Gasteiger partial charge on any atom is 0.325 e. The van der Waals surface area contributed by atoms with Crippen LogP contribution in [0.2, 0.25) is 0 Å². The van der Waals surface area contributed by atoms with Crippen LogP contribution in [-0.4, -0.2) is 24.7 Å². The molecule has 14 heavy (non-hydrogen) atoms. The van der Waals surface area contributed by atoms with E-state index in [0.717, 1.165) is 0 Å². The second-order valence-electron chi connectivity index (χ2n) is 2.51. The van der Waals surface area contributed by atoms with E-state index >= 15 is 0 Å². The maximum atomic E-state index is 10.8. The van der Waals surface area contributed by atoms with Gasteiger partial charge in [0.25, 0.3) is 0 Å². The smallest absolute Gasteiger partial charge is 0.325 e. The molecule has 3 N–H and O–H groups in total. The molecule has 0 bridgehead atoms. The first-order valence-corrected chi connectivity index (χ1v) is 3.95. The zero-order valence-electron chi connectivity index (χ0n) is 7.69. The van der Waals surface area contributed by atoms with Crippen LogP contribution in [0.15, 0.2) is 18.2 Å². The van der Waals surface area contributed by atoms with Gasteiger partial charge in [0.1, 0.15) is 5.75 Å². The predicted octanol–water partition coefficient (Wildman–Crippen LogP) is 0.265. The van der Waals surface area contributed by atoms with Gasteiger partial charge in [-0.15, -0.1) is 0 Å². The minimum Gasteiger partial charge on any atom is -0.504 e. The summed E-state index contributed by atoms with van der Waals surface area (Å²) in [5.41, 5.74) is 5.05. The molecule has 1 aromatic carbocycles. The molecule has 0 spiro atoms. The van der Waals surface area contributed by atoms with E-state index in [-0.39, 0.29) is 18.0 Å². The number of phenolic OH excluding ortho intramolecular Hbond substituents is 1. The molecular weight excluding hydrogens is 186 g/mol. The Morgan fingerprint density at radius 1 is 1.57 bits per heavy atom. The molecule has 76 valence electrons. The number of carbonyl (C=O) groups is 1. The summed E-state index contributed by atoms with van der Waals surface area (Å²) in [6.45, 7) is -0.202. The molecule has 0 atom stereocenters. The summed E-state index contributed by atoms with van der Waals surface area (Å²) in [7, 11) is 1.43. The molecule has 0 amide bonds. The quantitative estimate of drug-likeness (QED) is 0.536. The van der Waals surface area contributed by atoms with Crippen LogP contribution in [0.1, 0.15) is 0 Å². The summed E-state index contributed by atoms with van der Waals surface area (Å²) in [5.74, 6) is -0.0966. The van der Waals surface area contributed by atoms with Crippen LogP contribution in [0.4, 0.5) is 0 Å². The Hall–Kier alpha value is -1.75. The Kier molecular flexibility index (Phi) is 3.30. The first-order chi connectivity index (χ1) is 6.67. The molecule has 0 unspecified atom stereocenters. The molecule has 0 fully saturated rings. The van der Waals surface area contributed by atoms with Gasteiger partial charge in [0.15, 0.2) is 11.5 Å². The number of esters is 1. The van der Waals surface area contributed by atoms with Gasteiger partial charge in [-0.3, -0.25) is 4.79 Å². The average molecular weight is 197 g/mol. The maximum absolute atomic E-state index is 10.8. The van der Waals surface area contributed by atoms with Crippen molar-refractivity contribution in [2.75, 3.05) is 13.7 Å². The number of ether oxygens (including phenoxy) is 2. The zero-order chi connectivity index (χ0) is 10.6. The van der Waals surface area contributed by atoms with Crippen LogP contribution >= 0.6 is 0 Å². The van der Waals surface area contributed by atoms with Crippen LogP contribution in [0.25, 0.3) is 0 Å². The third-order valence-corrected chi connectivity index (χ3v) is 1.55. The minimum absolute atomic E-state index is 0.0881. The van der Waals surface area contributed by atoms with Crippen molar-refractivity contribution >= 4 is 5.97 Å². The number of phenols is 1. The van der Waals surface area contributed by atoms with Gasteiger partial charge in [-0.2, -0.15) is 0 Å². The molecule has 5 heteroatoms. The molecule has 1 aromatic rings. The lowest BCUT2D eigenvalue weighted by Crippen LogP contribution is -2.19. The van der Waals surface area contributed by atoms with Crippen molar-refractivity contribution in [2.45, 2.75) is 0 Å². The van der Waals surface area contributed by atoms with Gasteiger partial charge in [-0.1, -0.05) is 0 Å². The third-order valence-electron chi connectivity index (χ3n) is 1.55. The van der Waals surface area contributed by atoms with Crippen molar-refractivity contribution < 1.29 is 19.4 Å². The number of aromatic hydroxyl groups is 1. The summed E-state index contributed by atoms with van der Waals surface area (Å²) in [6, 6.07) is 4.28. The van der Waals surface area contributed by atoms with E-state index in [1.54, 1.807) is 0 Å². The largest absolute Gasteiger partial charge is 0.504 e. The Bertz CT molecular complexity index is 338. The van der Waals surface area contributed by atoms with Crippen molar-refractivity contribution in [1.29, 1.82) is 0 Å². The number of rotatable bonds is 3. The summed E-state index contributed by atoms with van der Waals surface area (Å²) in [4.78, 5) is 10.8. The normalized spacial score (nSPS) is 9.57. The zero-order valence-corrected chi connectivity index (χ0v) is 7.69. The third kappa shape index (κ3) is 2.37. The van der Waals surface area contributed by atoms with Gasteiger partial charge in [0.05, 0.1) is 13.7 Å². The lowest BCUT2D eigenvalue weighted by Gasteiger charge is -2.05. The molecule has 0 saturated carbocycles. The van der Waals surface area contributed by atoms with Crippen LogP contribution in [0.3, 0.4) is 0 Å². The number of methoxy groups -OCH3 is 1. The highest BCUT2D eigenvalue weighted by atomic mass is 16.5.